The fourth-order valence-electron chi connectivity index (χ4n) is 3.58. The molecule has 4 heterocycles. The second-order valence-corrected chi connectivity index (χ2v) is 8.17. The first-order chi connectivity index (χ1) is 15.0. The Labute approximate surface area is 180 Å². The Morgan fingerprint density at radius 2 is 2.03 bits per heavy atom. The minimum Gasteiger partial charge on any atom is -0.419 e. The normalized spacial score (nSPS) is 16.2. The van der Waals surface area contributed by atoms with Gasteiger partial charge in [-0.05, 0) is 25.0 Å². The zero-order valence-corrected chi connectivity index (χ0v) is 17.6. The molecule has 4 aromatic rings. The number of carbonyl (C=O) groups excluding carboxylic acids is 1. The van der Waals surface area contributed by atoms with Crippen LogP contribution in [0.2, 0.25) is 0 Å². The largest absolute Gasteiger partial charge is 0.419 e. The van der Waals surface area contributed by atoms with Crippen LogP contribution in [0.5, 0.6) is 5.75 Å². The lowest BCUT2D eigenvalue weighted by Gasteiger charge is -2.22. The molecule has 0 saturated carbocycles. The van der Waals surface area contributed by atoms with Crippen LogP contribution < -0.4 is 10.3 Å². The number of thiazole rings is 1. The van der Waals surface area contributed by atoms with Gasteiger partial charge in [0.15, 0.2) is 10.3 Å². The number of amides is 1. The Hall–Kier alpha value is -3.60. The van der Waals surface area contributed by atoms with Gasteiger partial charge in [0.25, 0.3) is 11.4 Å². The van der Waals surface area contributed by atoms with Crippen molar-refractivity contribution in [3.63, 3.8) is 0 Å². The van der Waals surface area contributed by atoms with Crippen LogP contribution in [0.3, 0.4) is 0 Å². The lowest BCUT2D eigenvalue weighted by atomic mass is 10.2. The standard InChI is InChI=1S/C20H18N6O4S/c1-11-23-24-16(29-11)15-22-18-14(19(27)25(15)2)21-17(31-18)13-9-6-10-26(13)20(28)30-12-7-4-3-5-8-12/h3-5,7-8,13H,6,9-10H2,1-2H3. The second-order valence-electron chi connectivity index (χ2n) is 7.16. The molecule has 158 valence electrons. The van der Waals surface area contributed by atoms with Gasteiger partial charge >= 0.3 is 6.09 Å². The molecular weight excluding hydrogens is 420 g/mol. The van der Waals surface area contributed by atoms with Crippen LogP contribution in [0.15, 0.2) is 39.5 Å². The average molecular weight is 438 g/mol. The van der Waals surface area contributed by atoms with Gasteiger partial charge in [-0.25, -0.2) is 14.8 Å². The number of aryl methyl sites for hydroxylation is 1. The zero-order valence-electron chi connectivity index (χ0n) is 16.8. The number of nitrogens with zero attached hydrogens (tertiary/aromatic N) is 6. The van der Waals surface area contributed by atoms with Crippen molar-refractivity contribution in [1.29, 1.82) is 0 Å². The Kier molecular flexibility index (Phi) is 4.74. The molecule has 0 spiro atoms. The smallest absolute Gasteiger partial charge is 0.415 e. The molecule has 0 radical (unpaired) electrons. The van der Waals surface area contributed by atoms with Crippen LogP contribution in [0.1, 0.15) is 29.8 Å². The van der Waals surface area contributed by atoms with E-state index in [1.54, 1.807) is 31.0 Å². The molecule has 5 rings (SSSR count). The van der Waals surface area contributed by atoms with Crippen molar-refractivity contribution in [2.45, 2.75) is 25.8 Å². The van der Waals surface area contributed by atoms with E-state index >= 15 is 0 Å². The van der Waals surface area contributed by atoms with Crippen LogP contribution in [-0.4, -0.2) is 42.3 Å². The highest BCUT2D eigenvalue weighted by atomic mass is 32.1. The summed E-state index contributed by atoms with van der Waals surface area (Å²) in [6.07, 6.45) is 1.12. The fraction of sp³-hybridized carbons (Fsp3) is 0.300. The molecule has 1 unspecified atom stereocenters. The third-order valence-corrected chi connectivity index (χ3v) is 6.15. The van der Waals surface area contributed by atoms with Crippen LogP contribution in [-0.2, 0) is 7.05 Å². The first kappa shape index (κ1) is 19.4. The maximum absolute atomic E-state index is 12.9. The molecule has 0 aliphatic carbocycles. The highest BCUT2D eigenvalue weighted by Crippen LogP contribution is 2.36. The predicted molar refractivity (Wildman–Crippen MR) is 112 cm³/mol. The van der Waals surface area contributed by atoms with E-state index in [0.29, 0.717) is 28.0 Å². The number of para-hydroxylation sites is 1. The molecule has 1 aliphatic heterocycles. The molecular formula is C20H18N6O4S. The van der Waals surface area contributed by atoms with Crippen LogP contribution in [0, 0.1) is 6.92 Å². The van der Waals surface area contributed by atoms with Gasteiger partial charge in [0, 0.05) is 20.5 Å². The molecule has 1 atom stereocenters. The van der Waals surface area contributed by atoms with E-state index in [1.165, 1.54) is 15.9 Å². The molecule has 31 heavy (non-hydrogen) atoms. The zero-order chi connectivity index (χ0) is 21.5. The Bertz CT molecular complexity index is 1330. The summed E-state index contributed by atoms with van der Waals surface area (Å²) in [4.78, 5) is 36.8. The summed E-state index contributed by atoms with van der Waals surface area (Å²) in [5.41, 5.74) is -0.0551. The summed E-state index contributed by atoms with van der Waals surface area (Å²) in [5.74, 6) is 1.31. The van der Waals surface area contributed by atoms with Gasteiger partial charge in [-0.2, -0.15) is 0 Å². The highest BCUT2D eigenvalue weighted by Gasteiger charge is 2.34. The quantitative estimate of drug-likeness (QED) is 0.479. The number of hydrogen-bond acceptors (Lipinski definition) is 9. The Morgan fingerprint density at radius 1 is 1.23 bits per heavy atom. The highest BCUT2D eigenvalue weighted by molar-refractivity contribution is 7.18. The monoisotopic (exact) mass is 438 g/mol. The third kappa shape index (κ3) is 3.46. The van der Waals surface area contributed by atoms with E-state index in [1.807, 2.05) is 18.2 Å². The summed E-state index contributed by atoms with van der Waals surface area (Å²) in [7, 11) is 1.59. The predicted octanol–water partition coefficient (Wildman–Crippen LogP) is 3.08. The summed E-state index contributed by atoms with van der Waals surface area (Å²) >= 11 is 1.29. The molecule has 10 nitrogen and oxygen atoms in total. The Morgan fingerprint density at radius 3 is 2.77 bits per heavy atom. The van der Waals surface area contributed by atoms with E-state index in [0.717, 1.165) is 12.8 Å². The average Bonchev–Trinajstić information content (AvgIpc) is 3.50. The first-order valence-electron chi connectivity index (χ1n) is 9.72. The van der Waals surface area contributed by atoms with Gasteiger partial charge in [-0.3, -0.25) is 14.3 Å². The van der Waals surface area contributed by atoms with Gasteiger partial charge in [0.1, 0.15) is 10.8 Å². The van der Waals surface area contributed by atoms with Gasteiger partial charge in [-0.15, -0.1) is 10.2 Å². The summed E-state index contributed by atoms with van der Waals surface area (Å²) in [5, 5.41) is 8.42. The first-order valence-corrected chi connectivity index (χ1v) is 10.5. The van der Waals surface area contributed by atoms with Crippen molar-refractivity contribution in [1.82, 2.24) is 29.6 Å². The van der Waals surface area contributed by atoms with Gasteiger partial charge in [-0.1, -0.05) is 29.5 Å². The number of hydrogen-bond donors (Lipinski definition) is 0. The van der Waals surface area contributed by atoms with E-state index < -0.39 is 6.09 Å². The fourth-order valence-corrected chi connectivity index (χ4v) is 4.66. The van der Waals surface area contributed by atoms with Crippen LogP contribution in [0.4, 0.5) is 4.79 Å². The van der Waals surface area contributed by atoms with Crippen molar-refractivity contribution in [2.24, 2.45) is 7.05 Å². The van der Waals surface area contributed by atoms with E-state index in [2.05, 4.69) is 20.2 Å². The van der Waals surface area contributed by atoms with Crippen molar-refractivity contribution in [3.05, 3.63) is 51.6 Å². The number of benzene rings is 1. The van der Waals surface area contributed by atoms with Crippen LogP contribution in [0.25, 0.3) is 22.1 Å². The molecule has 1 saturated heterocycles. The summed E-state index contributed by atoms with van der Waals surface area (Å²) in [6.45, 7) is 2.23. The lowest BCUT2D eigenvalue weighted by molar-refractivity contribution is 0.147. The Balaban J connectivity index is 1.49. The number of rotatable bonds is 3. The van der Waals surface area contributed by atoms with E-state index in [4.69, 9.17) is 9.15 Å². The summed E-state index contributed by atoms with van der Waals surface area (Å²) in [6, 6.07) is 8.66. The van der Waals surface area contributed by atoms with E-state index in [9.17, 15) is 9.59 Å². The number of likely N-dealkylation sites (tertiary alicyclic amines) is 1. The minimum absolute atomic E-state index is 0.169. The van der Waals surface area contributed by atoms with Crippen molar-refractivity contribution < 1.29 is 13.9 Å². The molecule has 0 N–H and O–H groups in total. The maximum Gasteiger partial charge on any atom is 0.415 e. The molecule has 3 aromatic heterocycles. The SMILES string of the molecule is Cc1nnc(-c2nc3sc(C4CCCN4C(=O)Oc4ccccc4)nc3c(=O)n2C)o1. The van der Waals surface area contributed by atoms with Crippen molar-refractivity contribution in [3.8, 4) is 17.5 Å². The number of fused-ring (bicyclic) bond motifs is 1. The van der Waals surface area contributed by atoms with E-state index in [-0.39, 0.29) is 28.8 Å². The van der Waals surface area contributed by atoms with Crippen molar-refractivity contribution >= 4 is 27.8 Å². The summed E-state index contributed by atoms with van der Waals surface area (Å²) < 4.78 is 12.3. The topological polar surface area (TPSA) is 116 Å². The van der Waals surface area contributed by atoms with Crippen molar-refractivity contribution in [2.75, 3.05) is 6.54 Å². The number of ether oxygens (including phenoxy) is 1. The third-order valence-electron chi connectivity index (χ3n) is 5.10. The molecule has 11 heteroatoms. The number of aromatic nitrogens is 5. The second kappa shape index (κ2) is 7.58. The van der Waals surface area contributed by atoms with Gasteiger partial charge < -0.3 is 9.15 Å². The number of carbonyl (C=O) groups is 1. The van der Waals surface area contributed by atoms with Gasteiger partial charge in [0.05, 0.1) is 6.04 Å². The molecule has 0 bridgehead atoms. The molecule has 1 amide bonds. The lowest BCUT2D eigenvalue weighted by Crippen LogP contribution is -2.33. The van der Waals surface area contributed by atoms with Crippen LogP contribution >= 0.6 is 11.3 Å². The minimum atomic E-state index is -0.434. The maximum atomic E-state index is 12.9. The molecule has 1 aliphatic rings. The molecule has 1 fully saturated rings. The molecule has 1 aromatic carbocycles. The van der Waals surface area contributed by atoms with Gasteiger partial charge in [0.2, 0.25) is 11.7 Å².